The van der Waals surface area contributed by atoms with Gasteiger partial charge in [0.1, 0.15) is 5.75 Å². The van der Waals surface area contributed by atoms with Crippen molar-refractivity contribution in [2.45, 2.75) is 6.42 Å². The lowest BCUT2D eigenvalue weighted by atomic mass is 10.2. The second kappa shape index (κ2) is 5.27. The zero-order chi connectivity index (χ0) is 11.2. The number of ether oxygens (including phenoxy) is 1. The largest absolute Gasteiger partial charge is 0.493 e. The van der Waals surface area contributed by atoms with Crippen molar-refractivity contribution in [1.82, 2.24) is 10.2 Å². The summed E-state index contributed by atoms with van der Waals surface area (Å²) < 4.78 is 10.5. The predicted octanol–water partition coefficient (Wildman–Crippen LogP) is 1.50. The molecule has 0 aliphatic rings. The van der Waals surface area contributed by atoms with E-state index in [-0.39, 0.29) is 6.61 Å². The fourth-order valence-corrected chi connectivity index (χ4v) is 1.27. The highest BCUT2D eigenvalue weighted by Crippen LogP contribution is 2.21. The van der Waals surface area contributed by atoms with E-state index < -0.39 is 0 Å². The van der Waals surface area contributed by atoms with Crippen LogP contribution in [0.2, 0.25) is 0 Å². The van der Waals surface area contributed by atoms with Crippen LogP contribution in [0.5, 0.6) is 5.75 Å². The van der Waals surface area contributed by atoms with Crippen LogP contribution in [-0.2, 0) is 0 Å². The molecular formula is C11H12N2O3. The Labute approximate surface area is 92.7 Å². The van der Waals surface area contributed by atoms with Crippen molar-refractivity contribution in [3.63, 3.8) is 0 Å². The zero-order valence-electron chi connectivity index (χ0n) is 8.67. The SMILES string of the molecule is OCCCOc1cccc(-c2nnco2)c1. The van der Waals surface area contributed by atoms with Crippen molar-refractivity contribution in [2.24, 2.45) is 0 Å². The van der Waals surface area contributed by atoms with Crippen molar-refractivity contribution in [1.29, 1.82) is 0 Å². The molecular weight excluding hydrogens is 208 g/mol. The first-order valence-corrected chi connectivity index (χ1v) is 5.00. The van der Waals surface area contributed by atoms with Crippen LogP contribution < -0.4 is 4.74 Å². The van der Waals surface area contributed by atoms with E-state index in [2.05, 4.69) is 10.2 Å². The number of hydrogen-bond acceptors (Lipinski definition) is 5. The molecule has 0 aliphatic heterocycles. The first-order chi connectivity index (χ1) is 7.90. The molecule has 0 radical (unpaired) electrons. The molecule has 1 aromatic heterocycles. The van der Waals surface area contributed by atoms with Gasteiger partial charge in [-0.25, -0.2) is 0 Å². The van der Waals surface area contributed by atoms with Gasteiger partial charge in [-0.2, -0.15) is 0 Å². The van der Waals surface area contributed by atoms with Crippen LogP contribution >= 0.6 is 0 Å². The monoisotopic (exact) mass is 220 g/mol. The number of aliphatic hydroxyl groups is 1. The minimum Gasteiger partial charge on any atom is -0.493 e. The van der Waals surface area contributed by atoms with Gasteiger partial charge in [0.25, 0.3) is 0 Å². The molecule has 2 rings (SSSR count). The highest BCUT2D eigenvalue weighted by Gasteiger charge is 2.04. The second-order valence-electron chi connectivity index (χ2n) is 3.20. The molecule has 0 spiro atoms. The first-order valence-electron chi connectivity index (χ1n) is 5.00. The van der Waals surface area contributed by atoms with Gasteiger partial charge in [0.2, 0.25) is 12.3 Å². The Bertz CT molecular complexity index is 429. The summed E-state index contributed by atoms with van der Waals surface area (Å²) in [5.41, 5.74) is 0.819. The lowest BCUT2D eigenvalue weighted by Gasteiger charge is -2.05. The van der Waals surface area contributed by atoms with E-state index in [4.69, 9.17) is 14.3 Å². The number of aromatic nitrogens is 2. The number of benzene rings is 1. The third-order valence-corrected chi connectivity index (χ3v) is 2.01. The lowest BCUT2D eigenvalue weighted by molar-refractivity contribution is 0.233. The van der Waals surface area contributed by atoms with Crippen LogP contribution in [0.25, 0.3) is 11.5 Å². The molecule has 0 unspecified atom stereocenters. The summed E-state index contributed by atoms with van der Waals surface area (Å²) in [6.07, 6.45) is 1.90. The summed E-state index contributed by atoms with van der Waals surface area (Å²) in [7, 11) is 0. The molecule has 0 fully saturated rings. The van der Waals surface area contributed by atoms with E-state index >= 15 is 0 Å². The van der Waals surface area contributed by atoms with Gasteiger partial charge < -0.3 is 14.3 Å². The smallest absolute Gasteiger partial charge is 0.247 e. The van der Waals surface area contributed by atoms with Crippen LogP contribution in [0.4, 0.5) is 0 Å². The molecule has 1 N–H and O–H groups in total. The highest BCUT2D eigenvalue weighted by molar-refractivity contribution is 5.55. The summed E-state index contributed by atoms with van der Waals surface area (Å²) in [6, 6.07) is 7.39. The van der Waals surface area contributed by atoms with E-state index in [9.17, 15) is 0 Å². The van der Waals surface area contributed by atoms with Gasteiger partial charge >= 0.3 is 0 Å². The Balaban J connectivity index is 2.08. The average Bonchev–Trinajstić information content (AvgIpc) is 2.83. The zero-order valence-corrected chi connectivity index (χ0v) is 8.67. The summed E-state index contributed by atoms with van der Waals surface area (Å²) in [4.78, 5) is 0. The molecule has 16 heavy (non-hydrogen) atoms. The molecule has 0 amide bonds. The number of rotatable bonds is 5. The van der Waals surface area contributed by atoms with E-state index in [0.29, 0.717) is 18.9 Å². The molecule has 0 atom stereocenters. The fourth-order valence-electron chi connectivity index (χ4n) is 1.27. The summed E-state index contributed by atoms with van der Waals surface area (Å²) in [6.45, 7) is 0.618. The van der Waals surface area contributed by atoms with Crippen LogP contribution in [0.3, 0.4) is 0 Å². The Morgan fingerprint density at radius 1 is 1.38 bits per heavy atom. The Hall–Kier alpha value is -1.88. The second-order valence-corrected chi connectivity index (χ2v) is 3.20. The number of nitrogens with zero attached hydrogens (tertiary/aromatic N) is 2. The van der Waals surface area contributed by atoms with Crippen molar-refractivity contribution >= 4 is 0 Å². The quantitative estimate of drug-likeness (QED) is 0.773. The predicted molar refractivity (Wildman–Crippen MR) is 56.9 cm³/mol. The van der Waals surface area contributed by atoms with Crippen LogP contribution in [0, 0.1) is 0 Å². The third-order valence-electron chi connectivity index (χ3n) is 2.01. The van der Waals surface area contributed by atoms with Gasteiger partial charge in [-0.05, 0) is 18.2 Å². The topological polar surface area (TPSA) is 68.4 Å². The van der Waals surface area contributed by atoms with E-state index in [1.54, 1.807) is 0 Å². The Morgan fingerprint density at radius 2 is 2.31 bits per heavy atom. The van der Waals surface area contributed by atoms with Gasteiger partial charge in [0.15, 0.2) is 0 Å². The lowest BCUT2D eigenvalue weighted by Crippen LogP contribution is -1.99. The maximum atomic E-state index is 8.64. The van der Waals surface area contributed by atoms with Gasteiger partial charge in [-0.3, -0.25) is 0 Å². The molecule has 0 saturated carbocycles. The maximum Gasteiger partial charge on any atom is 0.247 e. The van der Waals surface area contributed by atoms with Crippen LogP contribution in [-0.4, -0.2) is 28.5 Å². The van der Waals surface area contributed by atoms with E-state index in [1.807, 2.05) is 24.3 Å². The molecule has 2 aromatic rings. The standard InChI is InChI=1S/C11H12N2O3/c14-5-2-6-15-10-4-1-3-9(7-10)11-13-12-8-16-11/h1,3-4,7-8,14H,2,5-6H2. The molecule has 0 saturated heterocycles. The molecule has 84 valence electrons. The summed E-state index contributed by atoms with van der Waals surface area (Å²) in [5.74, 6) is 1.19. The maximum absolute atomic E-state index is 8.64. The molecule has 5 heteroatoms. The normalized spacial score (nSPS) is 10.3. The van der Waals surface area contributed by atoms with Crippen molar-refractivity contribution < 1.29 is 14.3 Å². The Kier molecular flexibility index (Phi) is 3.50. The average molecular weight is 220 g/mol. The van der Waals surface area contributed by atoms with Gasteiger partial charge in [0, 0.05) is 18.6 Å². The molecule has 0 aliphatic carbocycles. The van der Waals surface area contributed by atoms with Gasteiger partial charge in [0.05, 0.1) is 6.61 Å². The van der Waals surface area contributed by atoms with Gasteiger partial charge in [-0.1, -0.05) is 6.07 Å². The first kappa shape index (κ1) is 10.6. The molecule has 1 heterocycles. The van der Waals surface area contributed by atoms with Crippen molar-refractivity contribution in [3.8, 4) is 17.2 Å². The van der Waals surface area contributed by atoms with E-state index in [0.717, 1.165) is 11.3 Å². The molecule has 5 nitrogen and oxygen atoms in total. The fraction of sp³-hybridized carbons (Fsp3) is 0.273. The number of aliphatic hydroxyl groups excluding tert-OH is 1. The molecule has 0 bridgehead atoms. The third kappa shape index (κ3) is 2.58. The minimum atomic E-state index is 0.128. The van der Waals surface area contributed by atoms with Crippen molar-refractivity contribution in [2.75, 3.05) is 13.2 Å². The highest BCUT2D eigenvalue weighted by atomic mass is 16.5. The summed E-state index contributed by atoms with van der Waals surface area (Å²) in [5, 5.41) is 16.1. The summed E-state index contributed by atoms with van der Waals surface area (Å²) >= 11 is 0. The van der Waals surface area contributed by atoms with Gasteiger partial charge in [-0.15, -0.1) is 10.2 Å². The van der Waals surface area contributed by atoms with Crippen molar-refractivity contribution in [3.05, 3.63) is 30.7 Å². The number of hydrogen-bond donors (Lipinski definition) is 1. The van der Waals surface area contributed by atoms with E-state index in [1.165, 1.54) is 6.39 Å². The Morgan fingerprint density at radius 3 is 3.06 bits per heavy atom. The van der Waals surface area contributed by atoms with Crippen LogP contribution in [0.1, 0.15) is 6.42 Å². The minimum absolute atomic E-state index is 0.128. The molecule has 1 aromatic carbocycles. The van der Waals surface area contributed by atoms with Crippen LogP contribution in [0.15, 0.2) is 35.1 Å².